The Labute approximate surface area is 107 Å². The zero-order valence-electron chi connectivity index (χ0n) is 9.79. The molecule has 0 aliphatic carbocycles. The first-order valence-corrected chi connectivity index (χ1v) is 5.78. The van der Waals surface area contributed by atoms with Crippen molar-refractivity contribution in [3.8, 4) is 22.6 Å². The zero-order valence-corrected chi connectivity index (χ0v) is 9.79. The molecule has 0 unspecified atom stereocenters. The van der Waals surface area contributed by atoms with E-state index in [0.717, 1.165) is 33.5 Å². The summed E-state index contributed by atoms with van der Waals surface area (Å²) in [6.07, 6.45) is 4.80. The van der Waals surface area contributed by atoms with Gasteiger partial charge in [0.1, 0.15) is 12.0 Å². The molecule has 4 rings (SSSR count). The van der Waals surface area contributed by atoms with Crippen LogP contribution in [0.25, 0.3) is 33.5 Å². The van der Waals surface area contributed by atoms with E-state index in [4.69, 9.17) is 4.42 Å². The lowest BCUT2D eigenvalue weighted by Crippen LogP contribution is -1.81. The standard InChI is InChI=1S/C13H9N5O/c1-2-11-10(5-8(1)13-14-7-15-18-13)12(17-16-11)9-3-4-19-6-9/h1-7H,(H,16,17)(H,14,15,18). The molecule has 92 valence electrons. The molecule has 0 radical (unpaired) electrons. The summed E-state index contributed by atoms with van der Waals surface area (Å²) in [5.74, 6) is 0.737. The summed E-state index contributed by atoms with van der Waals surface area (Å²) in [5.41, 5.74) is 3.75. The molecule has 0 saturated carbocycles. The van der Waals surface area contributed by atoms with Gasteiger partial charge in [-0.1, -0.05) is 0 Å². The van der Waals surface area contributed by atoms with Crippen LogP contribution in [0.5, 0.6) is 0 Å². The number of hydrogen-bond acceptors (Lipinski definition) is 4. The largest absolute Gasteiger partial charge is 0.472 e. The van der Waals surface area contributed by atoms with Crippen LogP contribution in [0.15, 0.2) is 47.5 Å². The minimum absolute atomic E-state index is 0.737. The van der Waals surface area contributed by atoms with Gasteiger partial charge in [-0.2, -0.15) is 10.2 Å². The Morgan fingerprint density at radius 3 is 2.84 bits per heavy atom. The molecule has 4 aromatic rings. The van der Waals surface area contributed by atoms with E-state index < -0.39 is 0 Å². The molecule has 0 aliphatic heterocycles. The van der Waals surface area contributed by atoms with Gasteiger partial charge < -0.3 is 4.42 Å². The Bertz CT molecular complexity index is 814. The number of nitrogens with one attached hydrogen (secondary N) is 2. The molecule has 0 atom stereocenters. The number of nitrogens with zero attached hydrogens (tertiary/aromatic N) is 3. The summed E-state index contributed by atoms with van der Waals surface area (Å²) >= 11 is 0. The Hall–Kier alpha value is -2.89. The number of rotatable bonds is 2. The van der Waals surface area contributed by atoms with Crippen molar-refractivity contribution in [3.63, 3.8) is 0 Å². The van der Waals surface area contributed by atoms with Crippen LogP contribution < -0.4 is 0 Å². The predicted molar refractivity (Wildman–Crippen MR) is 69.2 cm³/mol. The van der Waals surface area contributed by atoms with Crippen LogP contribution in [-0.4, -0.2) is 25.4 Å². The molecule has 3 aromatic heterocycles. The monoisotopic (exact) mass is 251 g/mol. The number of furan rings is 1. The van der Waals surface area contributed by atoms with Crippen molar-refractivity contribution in [2.24, 2.45) is 0 Å². The van der Waals surface area contributed by atoms with Crippen LogP contribution in [-0.2, 0) is 0 Å². The van der Waals surface area contributed by atoms with Gasteiger partial charge >= 0.3 is 0 Å². The Morgan fingerprint density at radius 1 is 1.05 bits per heavy atom. The molecule has 0 spiro atoms. The molecule has 0 saturated heterocycles. The fourth-order valence-corrected chi connectivity index (χ4v) is 2.13. The molecule has 19 heavy (non-hydrogen) atoms. The van der Waals surface area contributed by atoms with Crippen molar-refractivity contribution in [2.45, 2.75) is 0 Å². The summed E-state index contributed by atoms with van der Waals surface area (Å²) in [5, 5.41) is 15.1. The second-order valence-corrected chi connectivity index (χ2v) is 4.18. The van der Waals surface area contributed by atoms with Gasteiger partial charge in [-0.05, 0) is 24.3 Å². The van der Waals surface area contributed by atoms with Crippen molar-refractivity contribution in [1.82, 2.24) is 25.4 Å². The number of hydrogen-bond donors (Lipinski definition) is 2. The van der Waals surface area contributed by atoms with Crippen molar-refractivity contribution in [3.05, 3.63) is 43.1 Å². The first-order valence-electron chi connectivity index (χ1n) is 5.78. The molecule has 6 heteroatoms. The third-order valence-corrected chi connectivity index (χ3v) is 3.05. The first kappa shape index (κ1) is 10.1. The van der Waals surface area contributed by atoms with E-state index in [2.05, 4.69) is 25.4 Å². The van der Waals surface area contributed by atoms with E-state index >= 15 is 0 Å². The van der Waals surface area contributed by atoms with Crippen molar-refractivity contribution < 1.29 is 4.42 Å². The maximum atomic E-state index is 5.11. The lowest BCUT2D eigenvalue weighted by molar-refractivity contribution is 0.568. The predicted octanol–water partition coefficient (Wildman–Crippen LogP) is 2.61. The van der Waals surface area contributed by atoms with Gasteiger partial charge in [0.15, 0.2) is 5.82 Å². The van der Waals surface area contributed by atoms with E-state index in [-0.39, 0.29) is 0 Å². The Balaban J connectivity index is 1.95. The lowest BCUT2D eigenvalue weighted by Gasteiger charge is -1.97. The minimum atomic E-state index is 0.737. The van der Waals surface area contributed by atoms with E-state index in [1.54, 1.807) is 12.5 Å². The third kappa shape index (κ3) is 1.54. The number of benzene rings is 1. The van der Waals surface area contributed by atoms with Crippen molar-refractivity contribution in [1.29, 1.82) is 0 Å². The third-order valence-electron chi connectivity index (χ3n) is 3.05. The van der Waals surface area contributed by atoms with Crippen LogP contribution in [0.3, 0.4) is 0 Å². The normalized spacial score (nSPS) is 11.2. The van der Waals surface area contributed by atoms with Crippen LogP contribution >= 0.6 is 0 Å². The lowest BCUT2D eigenvalue weighted by atomic mass is 10.1. The van der Waals surface area contributed by atoms with Crippen LogP contribution in [0, 0.1) is 0 Å². The molecule has 0 aliphatic rings. The highest BCUT2D eigenvalue weighted by molar-refractivity contribution is 5.94. The van der Waals surface area contributed by atoms with Gasteiger partial charge in [0.2, 0.25) is 0 Å². The summed E-state index contributed by atoms with van der Waals surface area (Å²) in [4.78, 5) is 4.15. The molecule has 6 nitrogen and oxygen atoms in total. The highest BCUT2D eigenvalue weighted by Crippen LogP contribution is 2.29. The first-order chi connectivity index (χ1) is 9.42. The number of aromatic nitrogens is 5. The van der Waals surface area contributed by atoms with Gasteiger partial charge in [0, 0.05) is 16.5 Å². The van der Waals surface area contributed by atoms with Gasteiger partial charge in [-0.15, -0.1) is 0 Å². The second-order valence-electron chi connectivity index (χ2n) is 4.18. The molecule has 0 fully saturated rings. The molecule has 0 amide bonds. The summed E-state index contributed by atoms with van der Waals surface area (Å²) in [6.45, 7) is 0. The molecule has 2 N–H and O–H groups in total. The van der Waals surface area contributed by atoms with E-state index in [1.807, 2.05) is 24.3 Å². The fourth-order valence-electron chi connectivity index (χ4n) is 2.13. The SMILES string of the molecule is c1n[nH]c(-c2ccc3[nH]nc(-c4ccoc4)c3c2)n1. The average molecular weight is 251 g/mol. The van der Waals surface area contributed by atoms with Crippen molar-refractivity contribution in [2.75, 3.05) is 0 Å². The Kier molecular flexibility index (Phi) is 2.02. The quantitative estimate of drug-likeness (QED) is 0.573. The topological polar surface area (TPSA) is 83.4 Å². The fraction of sp³-hybridized carbons (Fsp3) is 0. The van der Waals surface area contributed by atoms with E-state index in [9.17, 15) is 0 Å². The van der Waals surface area contributed by atoms with Gasteiger partial charge in [-0.3, -0.25) is 10.2 Å². The Morgan fingerprint density at radius 2 is 2.05 bits per heavy atom. The van der Waals surface area contributed by atoms with Gasteiger partial charge in [-0.25, -0.2) is 4.98 Å². The van der Waals surface area contributed by atoms with Gasteiger partial charge in [0.25, 0.3) is 0 Å². The maximum Gasteiger partial charge on any atom is 0.155 e. The number of fused-ring (bicyclic) bond motifs is 1. The number of H-pyrrole nitrogens is 2. The minimum Gasteiger partial charge on any atom is -0.472 e. The summed E-state index contributed by atoms with van der Waals surface area (Å²) in [6, 6.07) is 7.86. The highest BCUT2D eigenvalue weighted by Gasteiger charge is 2.11. The molecular formula is C13H9N5O. The molecule has 0 bridgehead atoms. The van der Waals surface area contributed by atoms with Gasteiger partial charge in [0.05, 0.1) is 18.0 Å². The molecular weight excluding hydrogens is 242 g/mol. The number of aromatic amines is 2. The second kappa shape index (κ2) is 3.81. The smallest absolute Gasteiger partial charge is 0.155 e. The highest BCUT2D eigenvalue weighted by atomic mass is 16.3. The van der Waals surface area contributed by atoms with E-state index in [0.29, 0.717) is 0 Å². The summed E-state index contributed by atoms with van der Waals surface area (Å²) in [7, 11) is 0. The molecule has 3 heterocycles. The van der Waals surface area contributed by atoms with E-state index in [1.165, 1.54) is 6.33 Å². The molecule has 1 aromatic carbocycles. The zero-order chi connectivity index (χ0) is 12.7. The van der Waals surface area contributed by atoms with Crippen LogP contribution in [0.4, 0.5) is 0 Å². The summed E-state index contributed by atoms with van der Waals surface area (Å²) < 4.78 is 5.11. The maximum absolute atomic E-state index is 5.11. The average Bonchev–Trinajstić information content (AvgIpc) is 3.18. The van der Waals surface area contributed by atoms with Crippen LogP contribution in [0.1, 0.15) is 0 Å². The van der Waals surface area contributed by atoms with Crippen molar-refractivity contribution >= 4 is 10.9 Å². The van der Waals surface area contributed by atoms with Crippen LogP contribution in [0.2, 0.25) is 0 Å².